The van der Waals surface area contributed by atoms with E-state index < -0.39 is 48.5 Å². The van der Waals surface area contributed by atoms with Gasteiger partial charge in [-0.1, -0.05) is 11.6 Å². The maximum Gasteiger partial charge on any atom is 0.490 e. The average Bonchev–Trinajstić information content (AvgIpc) is 3.13. The monoisotopic (exact) mass is 544 g/mol. The van der Waals surface area contributed by atoms with E-state index in [9.17, 15) is 23.7 Å². The molecule has 0 saturated carbocycles. The van der Waals surface area contributed by atoms with Crippen molar-refractivity contribution in [1.82, 2.24) is 19.5 Å². The molecular weight excluding hydrogens is 532 g/mol. The van der Waals surface area contributed by atoms with Crippen molar-refractivity contribution < 1.29 is 56.3 Å². The van der Waals surface area contributed by atoms with Crippen molar-refractivity contribution in [2.75, 3.05) is 6.61 Å². The van der Waals surface area contributed by atoms with Crippen LogP contribution in [0, 0.1) is 0 Å². The lowest BCUT2D eigenvalue weighted by atomic mass is 10.2. The summed E-state index contributed by atoms with van der Waals surface area (Å²) in [5.74, 6) is 0. The summed E-state index contributed by atoms with van der Waals surface area (Å²) in [6.07, 6.45) is -2.09. The van der Waals surface area contributed by atoms with Crippen LogP contribution in [0.2, 0.25) is 10.4 Å². The molecule has 0 aliphatic carbocycles. The highest BCUT2D eigenvalue weighted by Gasteiger charge is 2.43. The number of fused-ring (bicyclic) bond motifs is 1. The molecule has 1 aliphatic heterocycles. The van der Waals surface area contributed by atoms with Gasteiger partial charge in [-0.3, -0.25) is 9.09 Å². The number of aromatic nitrogens is 4. The third-order valence-electron chi connectivity index (χ3n) is 3.68. The number of rotatable bonds is 8. The highest BCUT2D eigenvalue weighted by molar-refractivity contribution is 7.66. The third-order valence-corrected chi connectivity index (χ3v) is 7.92. The molecule has 174 valence electrons. The summed E-state index contributed by atoms with van der Waals surface area (Å²) in [4.78, 5) is 47.3. The van der Waals surface area contributed by atoms with Crippen LogP contribution in [0.4, 0.5) is 0 Å². The molecule has 0 spiro atoms. The van der Waals surface area contributed by atoms with Gasteiger partial charge in [-0.15, -0.1) is 0 Å². The largest absolute Gasteiger partial charge is 0.490 e. The van der Waals surface area contributed by atoms with Gasteiger partial charge in [0.15, 0.2) is 10.8 Å². The lowest BCUT2D eigenvalue weighted by Gasteiger charge is -2.19. The van der Waals surface area contributed by atoms with Crippen LogP contribution in [0.3, 0.4) is 0 Å². The average molecular weight is 545 g/mol. The molecule has 0 aromatic carbocycles. The first-order valence-electron chi connectivity index (χ1n) is 7.83. The van der Waals surface area contributed by atoms with Crippen molar-refractivity contribution in [2.45, 2.75) is 24.9 Å². The fourth-order valence-electron chi connectivity index (χ4n) is 2.57. The lowest BCUT2D eigenvalue weighted by Crippen LogP contribution is -2.26. The summed E-state index contributed by atoms with van der Waals surface area (Å²) >= 11 is 11.7. The van der Waals surface area contributed by atoms with Gasteiger partial charge in [-0.05, 0) is 11.6 Å². The molecule has 16 nitrogen and oxygen atoms in total. The molecule has 2 aromatic rings. The molecule has 0 amide bonds. The Morgan fingerprint density at radius 3 is 2.45 bits per heavy atom. The summed E-state index contributed by atoms with van der Waals surface area (Å²) < 4.78 is 52.3. The van der Waals surface area contributed by atoms with Crippen molar-refractivity contribution in [2.24, 2.45) is 0 Å². The predicted molar refractivity (Wildman–Crippen MR) is 99.7 cm³/mol. The fraction of sp³-hybridized carbons (Fsp3) is 0.500. The van der Waals surface area contributed by atoms with Crippen LogP contribution in [0.25, 0.3) is 11.2 Å². The maximum absolute atomic E-state index is 11.8. The maximum atomic E-state index is 11.8. The van der Waals surface area contributed by atoms with E-state index in [2.05, 4.69) is 28.1 Å². The minimum atomic E-state index is -5.66. The second-order valence-corrected chi connectivity index (χ2v) is 11.0. The molecule has 1 saturated heterocycles. The van der Waals surface area contributed by atoms with Gasteiger partial charge in [0, 0.05) is 6.42 Å². The van der Waals surface area contributed by atoms with Crippen LogP contribution in [0.15, 0.2) is 6.33 Å². The zero-order valence-electron chi connectivity index (χ0n) is 14.7. The van der Waals surface area contributed by atoms with Crippen LogP contribution < -0.4 is 0 Å². The van der Waals surface area contributed by atoms with E-state index in [-0.39, 0.29) is 28.0 Å². The molecule has 0 bridgehead atoms. The van der Waals surface area contributed by atoms with E-state index >= 15 is 0 Å². The number of ether oxygens (including phenoxy) is 1. The van der Waals surface area contributed by atoms with Gasteiger partial charge in [-0.25, -0.2) is 23.7 Å². The highest BCUT2D eigenvalue weighted by atomic mass is 35.5. The molecular formula is C10H13Cl2N4O12P3. The van der Waals surface area contributed by atoms with Crippen molar-refractivity contribution in [1.29, 1.82) is 0 Å². The molecule has 0 radical (unpaired) electrons. The van der Waals surface area contributed by atoms with Crippen molar-refractivity contribution >= 4 is 57.8 Å². The first-order chi connectivity index (χ1) is 14.2. The Kier molecular flexibility index (Phi) is 7.29. The van der Waals surface area contributed by atoms with E-state index in [1.807, 2.05) is 0 Å². The van der Waals surface area contributed by atoms with Gasteiger partial charge in [0.1, 0.15) is 17.8 Å². The summed E-state index contributed by atoms with van der Waals surface area (Å²) in [7, 11) is -16.5. The molecule has 5 atom stereocenters. The normalized spacial score (nSPS) is 26.1. The van der Waals surface area contributed by atoms with Gasteiger partial charge in [0.2, 0.25) is 5.28 Å². The number of hydrogen-bond donors (Lipinski definition) is 5. The second kappa shape index (κ2) is 9.01. The van der Waals surface area contributed by atoms with Gasteiger partial charge >= 0.3 is 23.5 Å². The van der Waals surface area contributed by atoms with Crippen LogP contribution in [-0.2, 0) is 31.6 Å². The molecule has 1 aliphatic rings. The fourth-order valence-corrected chi connectivity index (χ4v) is 6.03. The first-order valence-corrected chi connectivity index (χ1v) is 13.1. The topological polar surface area (TPSA) is 233 Å². The Bertz CT molecular complexity index is 1130. The van der Waals surface area contributed by atoms with Crippen molar-refractivity contribution in [3.8, 4) is 0 Å². The number of phosphoric acid groups is 3. The SMILES string of the molecule is O=P(O)(O)OP(=O)(O)OP(=O)(O)OC[C@H]1O[C@@H](n2cnc3c(Cl)nc(Cl)nc32)C[C@@H]1O. The van der Waals surface area contributed by atoms with E-state index in [4.69, 9.17) is 42.6 Å². The minimum absolute atomic E-state index is 0.0171. The summed E-state index contributed by atoms with van der Waals surface area (Å²) in [5.41, 5.74) is 0.400. The summed E-state index contributed by atoms with van der Waals surface area (Å²) in [6.45, 7) is -0.815. The predicted octanol–water partition coefficient (Wildman–Crippen LogP) is 1.12. The number of halogens is 2. The smallest absolute Gasteiger partial charge is 0.390 e. The van der Waals surface area contributed by atoms with E-state index in [1.54, 1.807) is 0 Å². The number of aliphatic hydroxyl groups excluding tert-OH is 1. The molecule has 2 aromatic heterocycles. The zero-order valence-corrected chi connectivity index (χ0v) is 18.9. The molecule has 21 heteroatoms. The van der Waals surface area contributed by atoms with Gasteiger partial charge in [-0.2, -0.15) is 13.6 Å². The van der Waals surface area contributed by atoms with E-state index in [1.165, 1.54) is 10.9 Å². The number of imidazole rings is 1. The highest BCUT2D eigenvalue weighted by Crippen LogP contribution is 2.66. The zero-order chi connectivity index (χ0) is 23.2. The molecule has 2 unspecified atom stereocenters. The second-order valence-electron chi connectivity index (χ2n) is 5.93. The van der Waals surface area contributed by atoms with Crippen molar-refractivity contribution in [3.63, 3.8) is 0 Å². The molecule has 1 fully saturated rings. The number of nitrogens with zero attached hydrogens (tertiary/aromatic N) is 4. The summed E-state index contributed by atoms with van der Waals surface area (Å²) in [6, 6.07) is 0. The van der Waals surface area contributed by atoms with Gasteiger partial charge in [0.05, 0.1) is 19.0 Å². The summed E-state index contributed by atoms with van der Waals surface area (Å²) in [5, 5.41) is 9.97. The van der Waals surface area contributed by atoms with Gasteiger partial charge in [0.25, 0.3) is 0 Å². The van der Waals surface area contributed by atoms with Crippen LogP contribution in [0.5, 0.6) is 0 Å². The van der Waals surface area contributed by atoms with Crippen LogP contribution >= 0.6 is 46.7 Å². The van der Waals surface area contributed by atoms with Gasteiger partial charge < -0.3 is 29.4 Å². The minimum Gasteiger partial charge on any atom is -0.390 e. The Morgan fingerprint density at radius 1 is 1.13 bits per heavy atom. The standard InChI is InChI=1S/C10H13Cl2N4O12P3/c11-8-7-9(15-10(12)14-8)16(3-13-7)6-1-4(17)5(26-6)2-25-30(21,22)28-31(23,24)27-29(18,19)20/h3-6,17H,1-2H2,(H,21,22)(H,23,24)(H2,18,19,20)/t4-,5+,6+/m0/s1. The lowest BCUT2D eigenvalue weighted by molar-refractivity contribution is -0.0423. The van der Waals surface area contributed by atoms with E-state index in [0.717, 1.165) is 0 Å². The molecule has 5 N–H and O–H groups in total. The van der Waals surface area contributed by atoms with E-state index in [0.29, 0.717) is 0 Å². The molecule has 3 heterocycles. The number of phosphoric ester groups is 1. The third kappa shape index (κ3) is 6.50. The Hall–Kier alpha value is -0.540. The quantitative estimate of drug-likeness (QED) is 0.178. The van der Waals surface area contributed by atoms with Crippen LogP contribution in [-0.4, -0.2) is 63.0 Å². The Labute approximate surface area is 182 Å². The first kappa shape index (κ1) is 25.1. The van der Waals surface area contributed by atoms with Crippen LogP contribution in [0.1, 0.15) is 12.6 Å². The Balaban J connectivity index is 1.66. The molecule has 31 heavy (non-hydrogen) atoms. The molecule has 3 rings (SSSR count). The Morgan fingerprint density at radius 2 is 1.81 bits per heavy atom. The number of aliphatic hydroxyl groups is 1. The van der Waals surface area contributed by atoms with Crippen molar-refractivity contribution in [3.05, 3.63) is 16.8 Å². The number of hydrogen-bond acceptors (Lipinski definition) is 11.